The number of hydrogen-bond acceptors (Lipinski definition) is 5. The van der Waals surface area contributed by atoms with E-state index in [0.717, 1.165) is 38.8 Å². The smallest absolute Gasteiger partial charge is 0.240 e. The molecule has 0 aliphatic carbocycles. The van der Waals surface area contributed by atoms with Gasteiger partial charge in [0.05, 0.1) is 6.04 Å². The molecule has 9 nitrogen and oxygen atoms in total. The van der Waals surface area contributed by atoms with E-state index in [4.69, 9.17) is 35.0 Å². The van der Waals surface area contributed by atoms with Crippen molar-refractivity contribution in [3.8, 4) is 0 Å². The summed E-state index contributed by atoms with van der Waals surface area (Å²) in [6.07, 6.45) is 31.8. The molecular formula is C38H77Cl2N7O2. The monoisotopic (exact) mass is 734 g/mol. The van der Waals surface area contributed by atoms with Crippen LogP contribution in [-0.4, -0.2) is 60.9 Å². The highest BCUT2D eigenvalue weighted by atomic mass is 35.5. The summed E-state index contributed by atoms with van der Waals surface area (Å²) in [6.45, 7) is 7.20. The molecule has 2 atom stereocenters. The number of unbranched alkanes of at least 4 members (excludes halogenated alkanes) is 21. The molecular weight excluding hydrogens is 657 g/mol. The molecule has 0 aromatic carbocycles. The van der Waals surface area contributed by atoms with Crippen molar-refractivity contribution in [2.24, 2.45) is 16.0 Å². The van der Waals surface area contributed by atoms with Crippen LogP contribution in [0.5, 0.6) is 0 Å². The third kappa shape index (κ3) is 30.1. The van der Waals surface area contributed by atoms with E-state index in [1.165, 1.54) is 128 Å². The van der Waals surface area contributed by atoms with Gasteiger partial charge in [0.2, 0.25) is 17.8 Å². The quantitative estimate of drug-likeness (QED) is 0.0189. The minimum Gasteiger partial charge on any atom is -0.369 e. The maximum Gasteiger partial charge on any atom is 0.240 e. The number of amides is 2. The zero-order chi connectivity index (χ0) is 36.2. The molecule has 0 rings (SSSR count). The van der Waals surface area contributed by atoms with Gasteiger partial charge >= 0.3 is 0 Å². The number of halogens is 2. The molecule has 0 aromatic heterocycles. The van der Waals surface area contributed by atoms with Gasteiger partial charge in [0.1, 0.15) is 6.04 Å². The Bertz CT molecular complexity index is 791. The number of nitrogens with zero attached hydrogens (tertiary/aromatic N) is 2. The fourth-order valence-corrected chi connectivity index (χ4v) is 6.49. The van der Waals surface area contributed by atoms with E-state index in [9.17, 15) is 9.59 Å². The lowest BCUT2D eigenvalue weighted by Crippen LogP contribution is -2.45. The lowest BCUT2D eigenvalue weighted by atomic mass is 10.0. The number of guanidine groups is 1. The first-order valence-electron chi connectivity index (χ1n) is 20.3. The molecule has 11 heteroatoms. The number of carbonyl (C=O) groups is 2. The van der Waals surface area contributed by atoms with Crippen LogP contribution in [-0.2, 0) is 9.59 Å². The van der Waals surface area contributed by atoms with Crippen LogP contribution in [0.4, 0.5) is 0 Å². The van der Waals surface area contributed by atoms with E-state index in [-0.39, 0.29) is 17.8 Å². The molecule has 0 aliphatic rings. The number of nitrogens with one attached hydrogen (secondary N) is 3. The van der Waals surface area contributed by atoms with Crippen LogP contribution in [0, 0.1) is 0 Å². The average molecular weight is 735 g/mol. The van der Waals surface area contributed by atoms with Crippen molar-refractivity contribution in [1.82, 2.24) is 20.4 Å². The second-order valence-corrected chi connectivity index (χ2v) is 14.4. The summed E-state index contributed by atoms with van der Waals surface area (Å²) in [4.78, 5) is 30.8. The van der Waals surface area contributed by atoms with Gasteiger partial charge < -0.3 is 27.0 Å². The first-order valence-corrected chi connectivity index (χ1v) is 21.0. The molecule has 0 aliphatic heterocycles. The van der Waals surface area contributed by atoms with Crippen molar-refractivity contribution in [3.05, 3.63) is 0 Å². The second kappa shape index (κ2) is 36.5. The van der Waals surface area contributed by atoms with Crippen molar-refractivity contribution in [1.29, 1.82) is 0 Å². The van der Waals surface area contributed by atoms with E-state index in [0.29, 0.717) is 32.4 Å². The van der Waals surface area contributed by atoms with Gasteiger partial charge in [0.25, 0.3) is 0 Å². The van der Waals surface area contributed by atoms with Crippen LogP contribution in [0.3, 0.4) is 0 Å². The molecule has 0 bridgehead atoms. The standard InChI is InChI=1S/C38H77Cl2N7O2/c1-3-5-7-9-11-13-15-16-18-20-22-26-33-47(32-25-21-19-17-14-12-10-8-6-4-2)37(49)35(45-39)29-23-24-30-43-36(48)34(41)28-27-31-44-38(42)46-40/h34-35,45H,3-33,41H2,1-2H3,(H,43,48)(H3,42,44,46). The van der Waals surface area contributed by atoms with Crippen molar-refractivity contribution in [2.75, 3.05) is 26.2 Å². The summed E-state index contributed by atoms with van der Waals surface area (Å²) in [6, 6.07) is -1.01. The number of hydrogen-bond donors (Lipinski definition) is 5. The molecule has 0 heterocycles. The first kappa shape index (κ1) is 47.7. The van der Waals surface area contributed by atoms with E-state index < -0.39 is 12.1 Å². The van der Waals surface area contributed by atoms with Crippen LogP contribution < -0.4 is 26.9 Å². The Labute approximate surface area is 311 Å². The molecule has 2 amide bonds. The molecule has 0 fully saturated rings. The molecule has 0 saturated heterocycles. The fraction of sp³-hybridized carbons (Fsp3) is 0.921. The van der Waals surface area contributed by atoms with Crippen LogP contribution in [0.2, 0.25) is 0 Å². The van der Waals surface area contributed by atoms with Crippen molar-refractivity contribution in [2.45, 2.75) is 199 Å². The average Bonchev–Trinajstić information content (AvgIpc) is 3.11. The van der Waals surface area contributed by atoms with Gasteiger partial charge in [-0.25, -0.2) is 4.84 Å². The van der Waals surface area contributed by atoms with Crippen molar-refractivity contribution >= 4 is 41.3 Å². The Morgan fingerprint density at radius 3 is 1.47 bits per heavy atom. The van der Waals surface area contributed by atoms with Crippen LogP contribution in [0.15, 0.2) is 4.51 Å². The predicted octanol–water partition coefficient (Wildman–Crippen LogP) is 9.00. The van der Waals surface area contributed by atoms with Crippen molar-refractivity contribution < 1.29 is 9.59 Å². The summed E-state index contributed by atoms with van der Waals surface area (Å²) in [5.74, 6) is 0.0786. The summed E-state index contributed by atoms with van der Waals surface area (Å²) < 4.78 is 3.32. The van der Waals surface area contributed by atoms with Crippen LogP contribution in [0.1, 0.15) is 187 Å². The minimum absolute atomic E-state index is 0.105. The first-order chi connectivity index (χ1) is 23.9. The highest BCUT2D eigenvalue weighted by Crippen LogP contribution is 2.15. The highest BCUT2D eigenvalue weighted by molar-refractivity contribution is 6.19. The maximum atomic E-state index is 13.6. The fourth-order valence-electron chi connectivity index (χ4n) is 6.23. The molecule has 0 saturated carbocycles. The normalized spacial score (nSPS) is 13.0. The number of nitrogens with two attached hydrogens (primary N) is 2. The minimum atomic E-state index is -0.588. The lowest BCUT2D eigenvalue weighted by Gasteiger charge is -2.27. The summed E-state index contributed by atoms with van der Waals surface area (Å²) in [5.41, 5.74) is 11.5. The number of rotatable bonds is 36. The largest absolute Gasteiger partial charge is 0.369 e. The molecule has 2 unspecified atom stereocenters. The molecule has 0 aromatic rings. The zero-order valence-electron chi connectivity index (χ0n) is 31.7. The Kier molecular flexibility index (Phi) is 35.5. The molecule has 49 heavy (non-hydrogen) atoms. The van der Waals surface area contributed by atoms with E-state index >= 15 is 0 Å². The van der Waals surface area contributed by atoms with Gasteiger partial charge in [-0.3, -0.25) is 9.59 Å². The van der Waals surface area contributed by atoms with E-state index in [1.54, 1.807) is 0 Å². The zero-order valence-corrected chi connectivity index (χ0v) is 33.2. The van der Waals surface area contributed by atoms with Gasteiger partial charge in [0, 0.05) is 38.0 Å². The summed E-state index contributed by atoms with van der Waals surface area (Å²) in [5, 5.41) is 5.75. The van der Waals surface area contributed by atoms with Gasteiger partial charge in [-0.1, -0.05) is 142 Å². The van der Waals surface area contributed by atoms with Gasteiger partial charge in [-0.2, -0.15) is 0 Å². The summed E-state index contributed by atoms with van der Waals surface area (Å²) in [7, 11) is 0. The maximum absolute atomic E-state index is 13.6. The Morgan fingerprint density at radius 1 is 0.612 bits per heavy atom. The van der Waals surface area contributed by atoms with Crippen LogP contribution >= 0.6 is 23.6 Å². The Morgan fingerprint density at radius 2 is 1.04 bits per heavy atom. The van der Waals surface area contributed by atoms with Gasteiger partial charge in [-0.15, -0.1) is 4.51 Å². The van der Waals surface area contributed by atoms with Gasteiger partial charge in [-0.05, 0) is 56.7 Å². The molecule has 0 radical (unpaired) electrons. The lowest BCUT2D eigenvalue weighted by molar-refractivity contribution is -0.133. The Hall–Kier alpha value is -1.29. The van der Waals surface area contributed by atoms with Gasteiger partial charge in [0.15, 0.2) is 0 Å². The van der Waals surface area contributed by atoms with E-state index in [1.807, 2.05) is 0 Å². The molecule has 7 N–H and O–H groups in total. The van der Waals surface area contributed by atoms with Crippen molar-refractivity contribution in [3.63, 3.8) is 0 Å². The Balaban J connectivity index is 4.53. The molecule has 290 valence electrons. The SMILES string of the molecule is CCCCCCCCCCCCCCN(CCCCCCCCCCCC)C(=O)C(CCCCNC(=O)C(N)CCCN/C(N)=N/Cl)NCl. The topological polar surface area (TPSA) is 138 Å². The predicted molar refractivity (Wildman–Crippen MR) is 212 cm³/mol. The van der Waals surface area contributed by atoms with E-state index in [2.05, 4.69) is 38.7 Å². The third-order valence-corrected chi connectivity index (χ3v) is 9.89. The highest BCUT2D eigenvalue weighted by Gasteiger charge is 2.23. The third-order valence-electron chi connectivity index (χ3n) is 9.45. The van der Waals surface area contributed by atoms with Crippen LogP contribution in [0.25, 0.3) is 0 Å². The number of carbonyl (C=O) groups excluding carboxylic acids is 2. The molecule has 0 spiro atoms. The second-order valence-electron chi connectivity index (χ2n) is 14.0. The summed E-state index contributed by atoms with van der Waals surface area (Å²) >= 11 is 11.4.